The van der Waals surface area contributed by atoms with E-state index in [0.717, 1.165) is 30.7 Å². The van der Waals surface area contributed by atoms with Gasteiger partial charge in [0.2, 0.25) is 0 Å². The third-order valence-electron chi connectivity index (χ3n) is 3.61. The average molecular weight is 270 g/mol. The Kier molecular flexibility index (Phi) is 4.99. The van der Waals surface area contributed by atoms with Gasteiger partial charge in [-0.3, -0.25) is 0 Å². The maximum Gasteiger partial charge on any atom is 0.130 e. The van der Waals surface area contributed by atoms with E-state index in [4.69, 9.17) is 4.98 Å². The number of aromatic nitrogens is 1. The third-order valence-corrected chi connectivity index (χ3v) is 3.61. The summed E-state index contributed by atoms with van der Waals surface area (Å²) in [5, 5.41) is 4.73. The van der Waals surface area contributed by atoms with E-state index in [1.54, 1.807) is 0 Å². The van der Waals surface area contributed by atoms with Gasteiger partial charge in [-0.05, 0) is 48.1 Å². The Hall–Kier alpha value is -1.57. The van der Waals surface area contributed by atoms with Crippen LogP contribution in [-0.4, -0.2) is 11.5 Å². The maximum atomic E-state index is 4.82. The highest BCUT2D eigenvalue weighted by atomic mass is 15.0. The highest BCUT2D eigenvalue weighted by molar-refractivity contribution is 5.82. The van der Waals surface area contributed by atoms with Gasteiger partial charge in [-0.1, -0.05) is 40.2 Å². The van der Waals surface area contributed by atoms with Crippen molar-refractivity contribution in [1.29, 1.82) is 0 Å². The highest BCUT2D eigenvalue weighted by Gasteiger charge is 2.10. The number of hydrogen-bond acceptors (Lipinski definition) is 2. The second-order valence-corrected chi connectivity index (χ2v) is 5.78. The van der Waals surface area contributed by atoms with Crippen LogP contribution in [-0.2, 0) is 6.42 Å². The molecule has 0 saturated heterocycles. The van der Waals surface area contributed by atoms with Gasteiger partial charge >= 0.3 is 0 Å². The number of nitrogens with zero attached hydrogens (tertiary/aromatic N) is 1. The van der Waals surface area contributed by atoms with Gasteiger partial charge < -0.3 is 5.32 Å². The molecule has 0 unspecified atom stereocenters. The number of benzene rings is 1. The van der Waals surface area contributed by atoms with Gasteiger partial charge in [-0.2, -0.15) is 0 Å². The molecule has 0 atom stereocenters. The molecule has 0 aliphatic heterocycles. The molecule has 0 fully saturated rings. The minimum atomic E-state index is 0.487. The summed E-state index contributed by atoms with van der Waals surface area (Å²) in [7, 11) is 0. The predicted molar refractivity (Wildman–Crippen MR) is 88.6 cm³/mol. The van der Waals surface area contributed by atoms with Crippen molar-refractivity contribution in [3.05, 3.63) is 35.4 Å². The van der Waals surface area contributed by atoms with E-state index in [2.05, 4.69) is 57.3 Å². The lowest BCUT2D eigenvalue weighted by Gasteiger charge is -2.15. The van der Waals surface area contributed by atoms with E-state index in [1.807, 2.05) is 0 Å². The third kappa shape index (κ3) is 3.30. The molecule has 0 spiro atoms. The molecule has 20 heavy (non-hydrogen) atoms. The first kappa shape index (κ1) is 14.8. The molecule has 1 aromatic heterocycles. The summed E-state index contributed by atoms with van der Waals surface area (Å²) >= 11 is 0. The number of hydrogen-bond donors (Lipinski definition) is 1. The van der Waals surface area contributed by atoms with Crippen LogP contribution in [0.3, 0.4) is 0 Å². The van der Waals surface area contributed by atoms with Crippen molar-refractivity contribution >= 4 is 16.7 Å². The monoisotopic (exact) mass is 270 g/mol. The zero-order valence-electron chi connectivity index (χ0n) is 13.2. The first-order chi connectivity index (χ1) is 9.65. The fourth-order valence-electron chi connectivity index (χ4n) is 2.51. The Labute approximate surface area is 122 Å². The van der Waals surface area contributed by atoms with Crippen molar-refractivity contribution in [2.75, 3.05) is 11.9 Å². The van der Waals surface area contributed by atoms with Crippen molar-refractivity contribution in [2.24, 2.45) is 0 Å². The van der Waals surface area contributed by atoms with Gasteiger partial charge in [0.1, 0.15) is 5.82 Å². The molecule has 0 amide bonds. The molecule has 0 bridgehead atoms. The van der Waals surface area contributed by atoms with Gasteiger partial charge in [0.15, 0.2) is 0 Å². The first-order valence-corrected chi connectivity index (χ1v) is 7.83. The van der Waals surface area contributed by atoms with E-state index >= 15 is 0 Å². The quantitative estimate of drug-likeness (QED) is 0.786. The molecule has 2 aromatic rings. The van der Waals surface area contributed by atoms with Crippen molar-refractivity contribution in [3.8, 4) is 0 Å². The summed E-state index contributed by atoms with van der Waals surface area (Å²) in [6.45, 7) is 9.84. The molecule has 1 aromatic carbocycles. The first-order valence-electron chi connectivity index (χ1n) is 7.83. The number of fused-ring (bicyclic) bond motifs is 1. The molecular weight excluding hydrogens is 244 g/mol. The van der Waals surface area contributed by atoms with Gasteiger partial charge in [0.25, 0.3) is 0 Å². The van der Waals surface area contributed by atoms with Crippen molar-refractivity contribution in [1.82, 2.24) is 4.98 Å². The molecule has 2 nitrogen and oxygen atoms in total. The van der Waals surface area contributed by atoms with Gasteiger partial charge in [0, 0.05) is 11.9 Å². The van der Waals surface area contributed by atoms with Gasteiger partial charge in [-0.15, -0.1) is 0 Å². The number of pyridine rings is 1. The minimum absolute atomic E-state index is 0.487. The molecule has 0 aliphatic rings. The number of nitrogens with one attached hydrogen (secondary N) is 1. The lowest BCUT2D eigenvalue weighted by molar-refractivity contribution is 0.856. The Morgan fingerprint density at radius 1 is 1.10 bits per heavy atom. The summed E-state index contributed by atoms with van der Waals surface area (Å²) in [5.41, 5.74) is 3.82. The summed E-state index contributed by atoms with van der Waals surface area (Å²) < 4.78 is 0. The predicted octanol–water partition coefficient (Wildman–Crippen LogP) is 5.13. The normalized spacial score (nSPS) is 11.2. The highest BCUT2D eigenvalue weighted by Crippen LogP contribution is 2.27. The standard InChI is InChI=1S/C18H26N2/c1-5-7-14-8-9-17-15(11-14)12-16(13(3)4)18(20-17)19-10-6-2/h8-9,11-13H,5-7,10H2,1-4H3,(H,19,20). The Balaban J connectivity index is 2.47. The van der Waals surface area contributed by atoms with Crippen LogP contribution < -0.4 is 5.32 Å². The SMILES string of the molecule is CCCNc1nc2ccc(CCC)cc2cc1C(C)C. The molecule has 0 saturated carbocycles. The fourth-order valence-corrected chi connectivity index (χ4v) is 2.51. The van der Waals surface area contributed by atoms with Crippen LogP contribution in [0.1, 0.15) is 57.6 Å². The largest absolute Gasteiger partial charge is 0.370 e. The summed E-state index contributed by atoms with van der Waals surface area (Å²) in [6, 6.07) is 8.96. The van der Waals surface area contributed by atoms with E-state index in [-0.39, 0.29) is 0 Å². The topological polar surface area (TPSA) is 24.9 Å². The molecule has 0 aliphatic carbocycles. The summed E-state index contributed by atoms with van der Waals surface area (Å²) in [5.74, 6) is 1.54. The molecule has 2 heteroatoms. The van der Waals surface area contributed by atoms with E-state index in [1.165, 1.54) is 22.9 Å². The van der Waals surface area contributed by atoms with Crippen LogP contribution in [0.25, 0.3) is 10.9 Å². The second kappa shape index (κ2) is 6.74. The fraction of sp³-hybridized carbons (Fsp3) is 0.500. The average Bonchev–Trinajstić information content (AvgIpc) is 2.44. The van der Waals surface area contributed by atoms with Crippen LogP contribution in [0.15, 0.2) is 24.3 Å². The zero-order valence-corrected chi connectivity index (χ0v) is 13.2. The molecule has 108 valence electrons. The van der Waals surface area contributed by atoms with Crippen LogP contribution in [0.4, 0.5) is 5.82 Å². The van der Waals surface area contributed by atoms with E-state index in [0.29, 0.717) is 5.92 Å². The molecular formula is C18H26N2. The Morgan fingerprint density at radius 3 is 2.55 bits per heavy atom. The van der Waals surface area contributed by atoms with Crippen molar-refractivity contribution in [2.45, 2.75) is 52.9 Å². The van der Waals surface area contributed by atoms with E-state index < -0.39 is 0 Å². The zero-order chi connectivity index (χ0) is 14.5. The van der Waals surface area contributed by atoms with Gasteiger partial charge in [0.05, 0.1) is 5.52 Å². The second-order valence-electron chi connectivity index (χ2n) is 5.78. The lowest BCUT2D eigenvalue weighted by Crippen LogP contribution is -2.06. The summed E-state index contributed by atoms with van der Waals surface area (Å²) in [6.07, 6.45) is 3.45. The molecule has 2 rings (SSSR count). The summed E-state index contributed by atoms with van der Waals surface area (Å²) in [4.78, 5) is 4.82. The smallest absolute Gasteiger partial charge is 0.130 e. The van der Waals surface area contributed by atoms with Crippen LogP contribution >= 0.6 is 0 Å². The molecule has 0 radical (unpaired) electrons. The minimum Gasteiger partial charge on any atom is -0.370 e. The Morgan fingerprint density at radius 2 is 1.90 bits per heavy atom. The number of aryl methyl sites for hydroxylation is 1. The maximum absolute atomic E-state index is 4.82. The van der Waals surface area contributed by atoms with Crippen LogP contribution in [0.2, 0.25) is 0 Å². The van der Waals surface area contributed by atoms with Crippen molar-refractivity contribution in [3.63, 3.8) is 0 Å². The number of rotatable bonds is 6. The van der Waals surface area contributed by atoms with Crippen molar-refractivity contribution < 1.29 is 0 Å². The molecule has 1 heterocycles. The van der Waals surface area contributed by atoms with Gasteiger partial charge in [-0.25, -0.2) is 4.98 Å². The van der Waals surface area contributed by atoms with Crippen LogP contribution in [0, 0.1) is 0 Å². The van der Waals surface area contributed by atoms with E-state index in [9.17, 15) is 0 Å². The van der Waals surface area contributed by atoms with Crippen LogP contribution in [0.5, 0.6) is 0 Å². The lowest BCUT2D eigenvalue weighted by atomic mass is 10.00. The molecule has 1 N–H and O–H groups in total. The number of anilines is 1. The Bertz CT molecular complexity index is 573.